The first-order valence-electron chi connectivity index (χ1n) is 5.20. The van der Waals surface area contributed by atoms with Crippen LogP contribution in [0.3, 0.4) is 0 Å². The van der Waals surface area contributed by atoms with Crippen LogP contribution in [0.15, 0.2) is 11.6 Å². The van der Waals surface area contributed by atoms with Crippen molar-refractivity contribution < 1.29 is 14.7 Å². The number of amides is 1. The fraction of sp³-hybridized carbons (Fsp3) is 0.636. The van der Waals surface area contributed by atoms with E-state index in [1.54, 1.807) is 19.9 Å². The van der Waals surface area contributed by atoms with Gasteiger partial charge < -0.3 is 10.4 Å². The van der Waals surface area contributed by atoms with E-state index in [4.69, 9.17) is 5.11 Å². The van der Waals surface area contributed by atoms with Crippen molar-refractivity contribution in [1.82, 2.24) is 5.32 Å². The Bertz CT molecular complexity index is 292. The van der Waals surface area contributed by atoms with Crippen LogP contribution in [-0.4, -0.2) is 23.0 Å². The van der Waals surface area contributed by atoms with Crippen LogP contribution in [0, 0.1) is 5.92 Å². The van der Waals surface area contributed by atoms with E-state index in [-0.39, 0.29) is 18.4 Å². The summed E-state index contributed by atoms with van der Waals surface area (Å²) in [6, 6.07) is -0.204. The summed E-state index contributed by atoms with van der Waals surface area (Å²) in [6.07, 6.45) is 3.79. The molecule has 2 N–H and O–H groups in total. The third kappa shape index (κ3) is 3.73. The molecule has 1 unspecified atom stereocenters. The van der Waals surface area contributed by atoms with Crippen molar-refractivity contribution >= 4 is 11.9 Å². The normalized spacial score (nSPS) is 18.4. The van der Waals surface area contributed by atoms with E-state index in [0.717, 1.165) is 12.8 Å². The lowest BCUT2D eigenvalue weighted by molar-refractivity contribution is -0.137. The molecule has 1 saturated carbocycles. The molecule has 15 heavy (non-hydrogen) atoms. The van der Waals surface area contributed by atoms with Crippen LogP contribution in [0.4, 0.5) is 0 Å². The van der Waals surface area contributed by atoms with E-state index in [1.807, 2.05) is 0 Å². The van der Waals surface area contributed by atoms with E-state index in [0.29, 0.717) is 11.5 Å². The number of hydrogen-bond acceptors (Lipinski definition) is 2. The standard InChI is InChI=1S/C11H17NO3/c1-3-7(2)11(15)12-9(6-10(13)14)8-4-5-8/h3,8-9H,4-6H2,1-2H3,(H,12,15)(H,13,14)/b7-3-. The summed E-state index contributed by atoms with van der Waals surface area (Å²) >= 11 is 0. The summed E-state index contributed by atoms with van der Waals surface area (Å²) in [5.41, 5.74) is 0.631. The highest BCUT2D eigenvalue weighted by atomic mass is 16.4. The van der Waals surface area contributed by atoms with E-state index in [9.17, 15) is 9.59 Å². The van der Waals surface area contributed by atoms with Gasteiger partial charge in [-0.3, -0.25) is 9.59 Å². The van der Waals surface area contributed by atoms with Crippen LogP contribution in [0.5, 0.6) is 0 Å². The molecule has 1 aliphatic rings. The molecule has 0 saturated heterocycles. The lowest BCUT2D eigenvalue weighted by atomic mass is 10.1. The smallest absolute Gasteiger partial charge is 0.305 e. The zero-order valence-electron chi connectivity index (χ0n) is 9.12. The summed E-state index contributed by atoms with van der Waals surface area (Å²) in [6.45, 7) is 3.51. The Balaban J connectivity index is 2.51. The number of carbonyl (C=O) groups excluding carboxylic acids is 1. The average molecular weight is 211 g/mol. The molecule has 1 aliphatic carbocycles. The van der Waals surface area contributed by atoms with Gasteiger partial charge in [0.05, 0.1) is 6.42 Å². The molecule has 1 amide bonds. The summed E-state index contributed by atoms with van der Waals surface area (Å²) in [4.78, 5) is 22.1. The van der Waals surface area contributed by atoms with E-state index in [2.05, 4.69) is 5.32 Å². The molecule has 0 aromatic carbocycles. The number of carbonyl (C=O) groups is 2. The molecule has 84 valence electrons. The van der Waals surface area contributed by atoms with E-state index < -0.39 is 5.97 Å². The highest BCUT2D eigenvalue weighted by Crippen LogP contribution is 2.34. The predicted octanol–water partition coefficient (Wildman–Crippen LogP) is 1.32. The van der Waals surface area contributed by atoms with Crippen molar-refractivity contribution in [2.45, 2.75) is 39.2 Å². The van der Waals surface area contributed by atoms with Gasteiger partial charge in [0.25, 0.3) is 0 Å². The number of nitrogens with one attached hydrogen (secondary N) is 1. The highest BCUT2D eigenvalue weighted by molar-refractivity contribution is 5.93. The maximum absolute atomic E-state index is 11.5. The minimum atomic E-state index is -0.856. The molecule has 0 heterocycles. The highest BCUT2D eigenvalue weighted by Gasteiger charge is 2.33. The second-order valence-electron chi connectivity index (χ2n) is 3.99. The van der Waals surface area contributed by atoms with Crippen LogP contribution >= 0.6 is 0 Å². The minimum absolute atomic E-state index is 0.0212. The van der Waals surface area contributed by atoms with Gasteiger partial charge in [-0.1, -0.05) is 6.08 Å². The molecule has 0 radical (unpaired) electrons. The molecule has 0 bridgehead atoms. The van der Waals surface area contributed by atoms with Gasteiger partial charge in [0.1, 0.15) is 0 Å². The third-order valence-corrected chi connectivity index (χ3v) is 2.69. The van der Waals surface area contributed by atoms with Gasteiger partial charge >= 0.3 is 5.97 Å². The van der Waals surface area contributed by atoms with Crippen LogP contribution < -0.4 is 5.32 Å². The molecule has 1 atom stereocenters. The van der Waals surface area contributed by atoms with Crippen molar-refractivity contribution in [1.29, 1.82) is 0 Å². The van der Waals surface area contributed by atoms with Crippen LogP contribution in [-0.2, 0) is 9.59 Å². The molecule has 0 spiro atoms. The maximum atomic E-state index is 11.5. The number of rotatable bonds is 5. The maximum Gasteiger partial charge on any atom is 0.305 e. The minimum Gasteiger partial charge on any atom is -0.481 e. The van der Waals surface area contributed by atoms with Crippen molar-refractivity contribution in [3.05, 3.63) is 11.6 Å². The number of carboxylic acid groups (broad SMARTS) is 1. The lowest BCUT2D eigenvalue weighted by Gasteiger charge is -2.16. The Morgan fingerprint density at radius 1 is 1.53 bits per heavy atom. The van der Waals surface area contributed by atoms with Crippen molar-refractivity contribution in [3.63, 3.8) is 0 Å². The first-order valence-corrected chi connectivity index (χ1v) is 5.20. The Labute approximate surface area is 89.4 Å². The summed E-state index contributed by atoms with van der Waals surface area (Å²) in [5.74, 6) is -0.657. The zero-order valence-corrected chi connectivity index (χ0v) is 9.12. The number of allylic oxidation sites excluding steroid dienone is 1. The topological polar surface area (TPSA) is 66.4 Å². The Hall–Kier alpha value is -1.32. The quantitative estimate of drug-likeness (QED) is 0.674. The molecule has 0 aromatic rings. The number of carboxylic acids is 1. The summed E-state index contributed by atoms with van der Waals surface area (Å²) in [5, 5.41) is 11.5. The monoisotopic (exact) mass is 211 g/mol. The Morgan fingerprint density at radius 2 is 2.13 bits per heavy atom. The van der Waals surface area contributed by atoms with E-state index >= 15 is 0 Å². The van der Waals surface area contributed by atoms with E-state index in [1.165, 1.54) is 0 Å². The third-order valence-electron chi connectivity index (χ3n) is 2.69. The van der Waals surface area contributed by atoms with Crippen LogP contribution in [0.25, 0.3) is 0 Å². The van der Waals surface area contributed by atoms with Gasteiger partial charge in [-0.2, -0.15) is 0 Å². The predicted molar refractivity (Wildman–Crippen MR) is 56.3 cm³/mol. The second-order valence-corrected chi connectivity index (χ2v) is 3.99. The second kappa shape index (κ2) is 4.96. The first-order chi connectivity index (χ1) is 7.04. The largest absolute Gasteiger partial charge is 0.481 e. The van der Waals surface area contributed by atoms with Gasteiger partial charge in [-0.05, 0) is 32.6 Å². The Kier molecular flexibility index (Phi) is 3.88. The fourth-order valence-electron chi connectivity index (χ4n) is 1.44. The Morgan fingerprint density at radius 3 is 2.53 bits per heavy atom. The molecule has 4 nitrogen and oxygen atoms in total. The first kappa shape index (κ1) is 11.8. The summed E-state index contributed by atoms with van der Waals surface area (Å²) in [7, 11) is 0. The van der Waals surface area contributed by atoms with Crippen molar-refractivity contribution in [3.8, 4) is 0 Å². The lowest BCUT2D eigenvalue weighted by Crippen LogP contribution is -2.38. The molecule has 4 heteroatoms. The van der Waals surface area contributed by atoms with Crippen molar-refractivity contribution in [2.24, 2.45) is 5.92 Å². The SMILES string of the molecule is C/C=C(/C)C(=O)NC(CC(=O)O)C1CC1. The van der Waals surface area contributed by atoms with Gasteiger partial charge in [0, 0.05) is 11.6 Å². The molecule has 0 aliphatic heterocycles. The van der Waals surface area contributed by atoms with Gasteiger partial charge in [-0.15, -0.1) is 0 Å². The number of aliphatic carboxylic acids is 1. The van der Waals surface area contributed by atoms with Crippen LogP contribution in [0.1, 0.15) is 33.1 Å². The molecular weight excluding hydrogens is 194 g/mol. The van der Waals surface area contributed by atoms with Gasteiger partial charge in [0.2, 0.25) is 5.91 Å². The summed E-state index contributed by atoms with van der Waals surface area (Å²) < 4.78 is 0. The molecule has 1 rings (SSSR count). The van der Waals surface area contributed by atoms with Crippen LogP contribution in [0.2, 0.25) is 0 Å². The zero-order chi connectivity index (χ0) is 11.4. The fourth-order valence-corrected chi connectivity index (χ4v) is 1.44. The molecular formula is C11H17NO3. The average Bonchev–Trinajstić information content (AvgIpc) is 2.97. The number of hydrogen-bond donors (Lipinski definition) is 2. The molecule has 1 fully saturated rings. The van der Waals surface area contributed by atoms with Gasteiger partial charge in [-0.25, -0.2) is 0 Å². The molecule has 0 aromatic heterocycles. The van der Waals surface area contributed by atoms with Gasteiger partial charge in [0.15, 0.2) is 0 Å². The van der Waals surface area contributed by atoms with Crippen molar-refractivity contribution in [2.75, 3.05) is 0 Å².